The number of esters is 1. The van der Waals surface area contributed by atoms with Crippen LogP contribution in [0.2, 0.25) is 0 Å². The van der Waals surface area contributed by atoms with E-state index >= 15 is 0 Å². The minimum Gasteiger partial charge on any atom is -0.480 e. The smallest absolute Gasteiger partial charge is 0.347 e. The minimum atomic E-state index is -2.12. The molecule has 2 atom stereocenters. The largest absolute Gasteiger partial charge is 0.480 e. The summed E-state index contributed by atoms with van der Waals surface area (Å²) in [4.78, 5) is 62.9. The maximum absolute atomic E-state index is 12.8. The molecular formula is C17H26N4O7. The summed E-state index contributed by atoms with van der Waals surface area (Å²) < 4.78 is 6.10. The second kappa shape index (κ2) is 7.97. The molecule has 0 saturated carbocycles. The van der Waals surface area contributed by atoms with E-state index in [1.54, 1.807) is 20.8 Å². The van der Waals surface area contributed by atoms with Crippen molar-refractivity contribution >= 4 is 17.8 Å². The Hall–Kier alpha value is -2.95. The van der Waals surface area contributed by atoms with Crippen molar-refractivity contribution in [3.05, 3.63) is 32.6 Å². The molecule has 1 unspecified atom stereocenters. The molecule has 156 valence electrons. The summed E-state index contributed by atoms with van der Waals surface area (Å²) in [5, 5.41) is 9.36. The number of carboxylic acids is 1. The molecule has 1 rings (SSSR count). The molecule has 0 aliphatic carbocycles. The maximum atomic E-state index is 12.8. The van der Waals surface area contributed by atoms with E-state index in [0.29, 0.717) is 4.90 Å². The zero-order valence-corrected chi connectivity index (χ0v) is 16.7. The Morgan fingerprint density at radius 3 is 2.29 bits per heavy atom. The van der Waals surface area contributed by atoms with E-state index in [9.17, 15) is 29.1 Å². The number of aliphatic carboxylic acids is 1. The van der Waals surface area contributed by atoms with Gasteiger partial charge in [0.2, 0.25) is 5.91 Å². The summed E-state index contributed by atoms with van der Waals surface area (Å²) >= 11 is 0. The van der Waals surface area contributed by atoms with Gasteiger partial charge in [-0.15, -0.1) is 0 Å². The van der Waals surface area contributed by atoms with Crippen LogP contribution in [0.3, 0.4) is 0 Å². The van der Waals surface area contributed by atoms with E-state index in [1.165, 1.54) is 13.8 Å². The number of rotatable bonds is 6. The average molecular weight is 398 g/mol. The fourth-order valence-electron chi connectivity index (χ4n) is 2.43. The van der Waals surface area contributed by atoms with Crippen molar-refractivity contribution in [2.45, 2.75) is 65.4 Å². The van der Waals surface area contributed by atoms with Crippen LogP contribution in [0, 0.1) is 6.92 Å². The topological polar surface area (TPSA) is 165 Å². The molecule has 0 bridgehead atoms. The molecule has 0 aliphatic rings. The zero-order chi connectivity index (χ0) is 22.0. The monoisotopic (exact) mass is 398 g/mol. The molecule has 0 aliphatic heterocycles. The van der Waals surface area contributed by atoms with Gasteiger partial charge in [-0.25, -0.2) is 14.4 Å². The zero-order valence-electron chi connectivity index (χ0n) is 16.7. The number of aromatic nitrogens is 2. The first kappa shape index (κ1) is 23.1. The standard InChI is InChI=1S/C17H26N4O7/c1-9-7-20(15(27)19-12(9)23)8-11(22)21(10(2)13(24)25)17(6,18)14(26)28-16(3,4)5/h7,10H,8,18H2,1-6H3,(H,24,25)(H,19,23,27)/t10-,17?/m0/s1. The molecule has 0 spiro atoms. The van der Waals surface area contributed by atoms with Crippen LogP contribution in [0.25, 0.3) is 0 Å². The second-order valence-corrected chi connectivity index (χ2v) is 7.63. The predicted octanol–water partition coefficient (Wildman–Crippen LogP) is -0.837. The van der Waals surface area contributed by atoms with Gasteiger partial charge < -0.3 is 9.84 Å². The highest BCUT2D eigenvalue weighted by Crippen LogP contribution is 2.20. The molecule has 4 N–H and O–H groups in total. The number of hydrogen-bond donors (Lipinski definition) is 3. The summed E-state index contributed by atoms with van der Waals surface area (Å²) in [5.41, 5.74) is 1.68. The van der Waals surface area contributed by atoms with Crippen molar-refractivity contribution < 1.29 is 24.2 Å². The van der Waals surface area contributed by atoms with Gasteiger partial charge in [0.15, 0.2) is 5.66 Å². The van der Waals surface area contributed by atoms with Gasteiger partial charge in [0.05, 0.1) is 0 Å². The molecule has 0 aromatic carbocycles. The van der Waals surface area contributed by atoms with E-state index in [2.05, 4.69) is 0 Å². The van der Waals surface area contributed by atoms with Crippen molar-refractivity contribution in [3.8, 4) is 0 Å². The van der Waals surface area contributed by atoms with Crippen molar-refractivity contribution in [1.29, 1.82) is 0 Å². The Balaban J connectivity index is 3.34. The maximum Gasteiger partial charge on any atom is 0.347 e. The lowest BCUT2D eigenvalue weighted by molar-refractivity contribution is -0.177. The number of hydrogen-bond acceptors (Lipinski definition) is 7. The number of carbonyl (C=O) groups is 3. The van der Waals surface area contributed by atoms with Gasteiger partial charge in [0.25, 0.3) is 5.56 Å². The Labute approximate surface area is 161 Å². The number of nitrogens with zero attached hydrogens (tertiary/aromatic N) is 2. The van der Waals surface area contributed by atoms with Crippen LogP contribution >= 0.6 is 0 Å². The molecule has 1 heterocycles. The van der Waals surface area contributed by atoms with Gasteiger partial charge in [0.1, 0.15) is 18.2 Å². The lowest BCUT2D eigenvalue weighted by Gasteiger charge is -2.40. The summed E-state index contributed by atoms with van der Waals surface area (Å²) in [6, 6.07) is -1.49. The number of ether oxygens (including phenoxy) is 1. The average Bonchev–Trinajstić information content (AvgIpc) is 2.50. The Morgan fingerprint density at radius 2 is 1.82 bits per heavy atom. The van der Waals surface area contributed by atoms with Crippen LogP contribution in [0.15, 0.2) is 15.8 Å². The number of carboxylic acid groups (broad SMARTS) is 1. The van der Waals surface area contributed by atoms with E-state index in [1.807, 2.05) is 4.98 Å². The van der Waals surface area contributed by atoms with Crippen LogP contribution in [0.5, 0.6) is 0 Å². The van der Waals surface area contributed by atoms with Gasteiger partial charge in [-0.2, -0.15) is 0 Å². The molecule has 11 heteroatoms. The number of aryl methyl sites for hydroxylation is 1. The lowest BCUT2D eigenvalue weighted by Crippen LogP contribution is -2.67. The first-order valence-corrected chi connectivity index (χ1v) is 8.45. The number of nitrogens with two attached hydrogens (primary N) is 1. The normalized spacial score (nSPS) is 14.7. The SMILES string of the molecule is Cc1cn(CC(=O)N([C@@H](C)C(=O)O)C(C)(N)C(=O)OC(C)(C)C)c(=O)[nH]c1=O. The number of H-pyrrole nitrogens is 1. The second-order valence-electron chi connectivity index (χ2n) is 7.63. The fraction of sp³-hybridized carbons (Fsp3) is 0.588. The van der Waals surface area contributed by atoms with Gasteiger partial charge in [-0.05, 0) is 41.5 Å². The summed E-state index contributed by atoms with van der Waals surface area (Å²) in [7, 11) is 0. The van der Waals surface area contributed by atoms with Crippen LogP contribution in [-0.4, -0.2) is 54.7 Å². The lowest BCUT2D eigenvalue weighted by atomic mass is 10.1. The Bertz CT molecular complexity index is 892. The van der Waals surface area contributed by atoms with Crippen molar-refractivity contribution in [2.75, 3.05) is 0 Å². The number of carbonyl (C=O) groups excluding carboxylic acids is 2. The first-order chi connectivity index (χ1) is 12.6. The van der Waals surface area contributed by atoms with Crippen LogP contribution in [-0.2, 0) is 25.7 Å². The van der Waals surface area contributed by atoms with Crippen molar-refractivity contribution in [3.63, 3.8) is 0 Å². The fourth-order valence-corrected chi connectivity index (χ4v) is 2.43. The third-order valence-corrected chi connectivity index (χ3v) is 3.82. The summed E-state index contributed by atoms with van der Waals surface area (Å²) in [6.07, 6.45) is 1.16. The van der Waals surface area contributed by atoms with Crippen LogP contribution in [0.1, 0.15) is 40.2 Å². The number of amides is 1. The van der Waals surface area contributed by atoms with Gasteiger partial charge >= 0.3 is 17.6 Å². The summed E-state index contributed by atoms with van der Waals surface area (Å²) in [6.45, 7) is 7.91. The van der Waals surface area contributed by atoms with E-state index in [-0.39, 0.29) is 5.56 Å². The third-order valence-electron chi connectivity index (χ3n) is 3.82. The molecule has 1 aromatic rings. The molecule has 11 nitrogen and oxygen atoms in total. The Kier molecular flexibility index (Phi) is 6.57. The van der Waals surface area contributed by atoms with Gasteiger partial charge in [-0.1, -0.05) is 0 Å². The van der Waals surface area contributed by atoms with Crippen LogP contribution < -0.4 is 17.0 Å². The molecule has 28 heavy (non-hydrogen) atoms. The first-order valence-electron chi connectivity index (χ1n) is 8.45. The predicted molar refractivity (Wildman–Crippen MR) is 98.4 cm³/mol. The van der Waals surface area contributed by atoms with E-state index in [0.717, 1.165) is 17.7 Å². The molecule has 1 aromatic heterocycles. The quantitative estimate of drug-likeness (QED) is 0.412. The molecular weight excluding hydrogens is 372 g/mol. The summed E-state index contributed by atoms with van der Waals surface area (Å²) in [5.74, 6) is -3.33. The Morgan fingerprint density at radius 1 is 1.29 bits per heavy atom. The van der Waals surface area contributed by atoms with Gasteiger partial charge in [-0.3, -0.25) is 29.8 Å². The number of aromatic amines is 1. The van der Waals surface area contributed by atoms with Crippen molar-refractivity contribution in [2.24, 2.45) is 5.73 Å². The van der Waals surface area contributed by atoms with Gasteiger partial charge in [0, 0.05) is 11.8 Å². The highest BCUT2D eigenvalue weighted by Gasteiger charge is 2.46. The van der Waals surface area contributed by atoms with E-state index in [4.69, 9.17) is 10.5 Å². The number of nitrogens with one attached hydrogen (secondary N) is 1. The molecule has 0 radical (unpaired) electrons. The minimum absolute atomic E-state index is 0.174. The van der Waals surface area contributed by atoms with Crippen LogP contribution in [0.4, 0.5) is 0 Å². The third kappa shape index (κ3) is 5.28. The molecule has 1 amide bonds. The molecule has 0 saturated heterocycles. The highest BCUT2D eigenvalue weighted by molar-refractivity contribution is 5.90. The highest BCUT2D eigenvalue weighted by atomic mass is 16.6. The van der Waals surface area contributed by atoms with E-state index < -0.39 is 52.9 Å². The van der Waals surface area contributed by atoms with Crippen molar-refractivity contribution in [1.82, 2.24) is 14.5 Å². The molecule has 0 fully saturated rings.